The van der Waals surface area contributed by atoms with E-state index in [1.54, 1.807) is 39.0 Å². The normalized spacial score (nSPS) is 10.9. The number of carboxylic acid groups (broad SMARTS) is 1. The molecule has 0 bridgehead atoms. The van der Waals surface area contributed by atoms with Crippen molar-refractivity contribution in [3.63, 3.8) is 0 Å². The molecule has 0 aliphatic heterocycles. The van der Waals surface area contributed by atoms with E-state index in [9.17, 15) is 14.4 Å². The number of hydrogen-bond acceptors (Lipinski definition) is 7. The molecule has 0 aliphatic rings. The van der Waals surface area contributed by atoms with Gasteiger partial charge in [0.15, 0.2) is 0 Å². The highest BCUT2D eigenvalue weighted by atomic mass is 33.1. The van der Waals surface area contributed by atoms with Crippen LogP contribution in [-0.2, 0) is 16.1 Å². The Balaban J connectivity index is 2.48. The molecule has 0 radical (unpaired) electrons. The molecule has 8 nitrogen and oxygen atoms in total. The summed E-state index contributed by atoms with van der Waals surface area (Å²) in [4.78, 5) is 34.5. The van der Waals surface area contributed by atoms with Gasteiger partial charge < -0.3 is 25.2 Å². The first kappa shape index (κ1) is 25.0. The van der Waals surface area contributed by atoms with E-state index in [0.717, 1.165) is 5.56 Å². The van der Waals surface area contributed by atoms with Crippen LogP contribution in [0.15, 0.2) is 18.2 Å². The van der Waals surface area contributed by atoms with Gasteiger partial charge in [-0.3, -0.25) is 9.59 Å². The van der Waals surface area contributed by atoms with Crippen molar-refractivity contribution in [2.24, 2.45) is 0 Å². The topological polar surface area (TPSA) is 114 Å². The molecule has 1 rings (SSSR count). The van der Waals surface area contributed by atoms with Gasteiger partial charge in [-0.2, -0.15) is 0 Å². The van der Waals surface area contributed by atoms with E-state index in [-0.39, 0.29) is 18.9 Å². The van der Waals surface area contributed by atoms with Crippen LogP contribution < -0.4 is 15.4 Å². The maximum Gasteiger partial charge on any atom is 0.407 e. The summed E-state index contributed by atoms with van der Waals surface area (Å²) in [6.45, 7) is 6.04. The van der Waals surface area contributed by atoms with Crippen LogP contribution in [0.25, 0.3) is 0 Å². The Labute approximate surface area is 178 Å². The zero-order chi connectivity index (χ0) is 21.9. The number of carbonyl (C=O) groups excluding carboxylic acids is 2. The molecule has 0 saturated heterocycles. The Morgan fingerprint density at radius 1 is 1.10 bits per heavy atom. The van der Waals surface area contributed by atoms with Gasteiger partial charge in [0.25, 0.3) is 5.91 Å². The van der Waals surface area contributed by atoms with Crippen LogP contribution in [0.4, 0.5) is 4.79 Å². The maximum absolute atomic E-state index is 12.3. The molecule has 2 amide bonds. The third-order valence-electron chi connectivity index (χ3n) is 3.32. The fraction of sp³-hybridized carbons (Fsp3) is 0.526. The first-order chi connectivity index (χ1) is 13.6. The van der Waals surface area contributed by atoms with Crippen molar-refractivity contribution >= 4 is 39.6 Å². The lowest BCUT2D eigenvalue weighted by Crippen LogP contribution is -2.32. The van der Waals surface area contributed by atoms with E-state index in [2.05, 4.69) is 10.6 Å². The Hall–Kier alpha value is -2.07. The monoisotopic (exact) mass is 444 g/mol. The fourth-order valence-electron chi connectivity index (χ4n) is 2.07. The van der Waals surface area contributed by atoms with Crippen LogP contribution in [0.5, 0.6) is 5.75 Å². The lowest BCUT2D eigenvalue weighted by atomic mass is 10.1. The SMILES string of the molecule is COc1cc(C(=O)NCCSSCCC(=O)O)ccc1CNC(=O)OC(C)(C)C. The molecule has 1 aromatic rings. The van der Waals surface area contributed by atoms with Gasteiger partial charge >= 0.3 is 12.1 Å². The molecule has 29 heavy (non-hydrogen) atoms. The quantitative estimate of drug-likeness (QED) is 0.352. The first-order valence-corrected chi connectivity index (χ1v) is 11.5. The minimum atomic E-state index is -0.815. The number of hydrogen-bond donors (Lipinski definition) is 3. The van der Waals surface area contributed by atoms with Crippen molar-refractivity contribution in [3.8, 4) is 5.75 Å². The molecule has 1 aromatic carbocycles. The van der Waals surface area contributed by atoms with Crippen LogP contribution in [0.3, 0.4) is 0 Å². The second-order valence-corrected chi connectivity index (χ2v) is 9.63. The summed E-state index contributed by atoms with van der Waals surface area (Å²) in [6.07, 6.45) is -0.404. The van der Waals surface area contributed by atoms with Crippen molar-refractivity contribution in [2.45, 2.75) is 39.3 Å². The van der Waals surface area contributed by atoms with E-state index in [1.165, 1.54) is 28.7 Å². The standard InChI is InChI=1S/C19H28N2O6S2/c1-19(2,3)27-18(25)21-12-14-6-5-13(11-15(14)26-4)17(24)20-8-10-29-28-9-7-16(22)23/h5-6,11H,7-10,12H2,1-4H3,(H,20,24)(H,21,25)(H,22,23). The molecule has 0 saturated carbocycles. The molecular formula is C19H28N2O6S2. The minimum absolute atomic E-state index is 0.124. The van der Waals surface area contributed by atoms with Crippen LogP contribution in [-0.4, -0.2) is 53.8 Å². The number of carboxylic acids is 1. The molecule has 0 spiro atoms. The van der Waals surface area contributed by atoms with E-state index in [1.807, 2.05) is 0 Å². The smallest absolute Gasteiger partial charge is 0.407 e. The van der Waals surface area contributed by atoms with Crippen molar-refractivity contribution < 1.29 is 29.0 Å². The van der Waals surface area contributed by atoms with Crippen LogP contribution >= 0.6 is 21.6 Å². The van der Waals surface area contributed by atoms with Crippen molar-refractivity contribution in [1.82, 2.24) is 10.6 Å². The number of rotatable bonds is 11. The second-order valence-electron chi connectivity index (χ2n) is 6.93. The molecule has 10 heteroatoms. The third-order valence-corrected chi connectivity index (χ3v) is 5.73. The highest BCUT2D eigenvalue weighted by molar-refractivity contribution is 8.76. The van der Waals surface area contributed by atoms with Gasteiger partial charge in [-0.05, 0) is 32.9 Å². The molecule has 0 atom stereocenters. The third kappa shape index (κ3) is 10.9. The molecule has 3 N–H and O–H groups in total. The summed E-state index contributed by atoms with van der Waals surface area (Å²) in [6, 6.07) is 5.01. The summed E-state index contributed by atoms with van der Waals surface area (Å²) in [5, 5.41) is 14.0. The summed E-state index contributed by atoms with van der Waals surface area (Å²) in [5.74, 6) is 0.651. The molecule has 0 unspecified atom stereocenters. The maximum atomic E-state index is 12.3. The van der Waals surface area contributed by atoms with Gasteiger partial charge in [-0.1, -0.05) is 27.7 Å². The van der Waals surface area contributed by atoms with Crippen molar-refractivity contribution in [2.75, 3.05) is 25.2 Å². The Morgan fingerprint density at radius 2 is 1.79 bits per heavy atom. The summed E-state index contributed by atoms with van der Waals surface area (Å²) in [5.41, 5.74) is 0.593. The highest BCUT2D eigenvalue weighted by Gasteiger charge is 2.17. The van der Waals surface area contributed by atoms with Crippen LogP contribution in [0, 0.1) is 0 Å². The summed E-state index contributed by atoms with van der Waals surface area (Å²) < 4.78 is 10.5. The Kier molecular flexibility index (Phi) is 10.7. The zero-order valence-corrected chi connectivity index (χ0v) is 18.7. The number of methoxy groups -OCH3 is 1. The number of amides is 2. The molecule has 162 valence electrons. The lowest BCUT2D eigenvalue weighted by molar-refractivity contribution is -0.136. The Morgan fingerprint density at radius 3 is 2.41 bits per heavy atom. The van der Waals surface area contributed by atoms with Gasteiger partial charge in [0, 0.05) is 35.7 Å². The first-order valence-electron chi connectivity index (χ1n) is 9.00. The van der Waals surface area contributed by atoms with Crippen molar-refractivity contribution in [3.05, 3.63) is 29.3 Å². The minimum Gasteiger partial charge on any atom is -0.496 e. The van der Waals surface area contributed by atoms with Crippen molar-refractivity contribution in [1.29, 1.82) is 0 Å². The fourth-order valence-corrected chi connectivity index (χ4v) is 3.95. The summed E-state index contributed by atoms with van der Waals surface area (Å²) >= 11 is 0. The predicted molar refractivity (Wildman–Crippen MR) is 116 cm³/mol. The molecule has 0 heterocycles. The van der Waals surface area contributed by atoms with Crippen LogP contribution in [0.1, 0.15) is 43.1 Å². The van der Waals surface area contributed by atoms with Gasteiger partial charge in [0.2, 0.25) is 0 Å². The highest BCUT2D eigenvalue weighted by Crippen LogP contribution is 2.22. The molecule has 0 aromatic heterocycles. The van der Waals surface area contributed by atoms with E-state index < -0.39 is 17.7 Å². The largest absolute Gasteiger partial charge is 0.496 e. The zero-order valence-electron chi connectivity index (χ0n) is 17.1. The average molecular weight is 445 g/mol. The number of nitrogens with one attached hydrogen (secondary N) is 2. The number of benzene rings is 1. The van der Waals surface area contributed by atoms with E-state index in [0.29, 0.717) is 29.4 Å². The van der Waals surface area contributed by atoms with E-state index >= 15 is 0 Å². The van der Waals surface area contributed by atoms with Gasteiger partial charge in [0.05, 0.1) is 13.5 Å². The number of ether oxygens (including phenoxy) is 2. The predicted octanol–water partition coefficient (Wildman–Crippen LogP) is 3.31. The van der Waals surface area contributed by atoms with Gasteiger partial charge in [-0.25, -0.2) is 4.79 Å². The van der Waals surface area contributed by atoms with Gasteiger partial charge in [0.1, 0.15) is 11.4 Å². The number of aliphatic carboxylic acids is 1. The number of carbonyl (C=O) groups is 3. The molecular weight excluding hydrogens is 416 g/mol. The lowest BCUT2D eigenvalue weighted by Gasteiger charge is -2.20. The average Bonchev–Trinajstić information content (AvgIpc) is 2.63. The van der Waals surface area contributed by atoms with Crippen LogP contribution in [0.2, 0.25) is 0 Å². The molecule has 0 fully saturated rings. The summed E-state index contributed by atoms with van der Waals surface area (Å²) in [7, 11) is 4.48. The second kappa shape index (κ2) is 12.5. The molecule has 0 aliphatic carbocycles. The number of alkyl carbamates (subject to hydrolysis) is 1. The van der Waals surface area contributed by atoms with Gasteiger partial charge in [-0.15, -0.1) is 0 Å². The van der Waals surface area contributed by atoms with E-state index in [4.69, 9.17) is 14.6 Å². The Bertz CT molecular complexity index is 706.